The first kappa shape index (κ1) is 13.2. The number of anilines is 1. The number of nitrogens with one attached hydrogen (secondary N) is 2. The van der Waals surface area contributed by atoms with Crippen molar-refractivity contribution in [3.63, 3.8) is 0 Å². The van der Waals surface area contributed by atoms with Gasteiger partial charge < -0.3 is 5.73 Å². The van der Waals surface area contributed by atoms with Gasteiger partial charge in [-0.2, -0.15) is 10.4 Å². The topological polar surface area (TPSA) is 98.0 Å². The molecule has 5 nitrogen and oxygen atoms in total. The van der Waals surface area contributed by atoms with Crippen molar-refractivity contribution in [2.75, 3.05) is 5.43 Å². The molecule has 88 valence electrons. The standard InChI is InChI=1S/C9H6Cl2FN5/c10-5-1-4(12)2-6(11)8(5)17-16-7(3-13)9(14)15/h1-2,17H,(H3,14,15)/b16-7+. The molecule has 4 N–H and O–H groups in total. The van der Waals surface area contributed by atoms with Crippen LogP contribution in [-0.4, -0.2) is 11.5 Å². The van der Waals surface area contributed by atoms with E-state index in [0.717, 1.165) is 12.1 Å². The van der Waals surface area contributed by atoms with Crippen molar-refractivity contribution < 1.29 is 4.39 Å². The molecule has 1 rings (SSSR count). The van der Waals surface area contributed by atoms with E-state index in [1.165, 1.54) is 0 Å². The Morgan fingerprint density at radius 1 is 1.47 bits per heavy atom. The highest BCUT2D eigenvalue weighted by molar-refractivity contribution is 6.46. The van der Waals surface area contributed by atoms with E-state index in [0.29, 0.717) is 0 Å². The van der Waals surface area contributed by atoms with Gasteiger partial charge in [0.2, 0.25) is 5.71 Å². The van der Waals surface area contributed by atoms with Crippen LogP contribution in [-0.2, 0) is 0 Å². The van der Waals surface area contributed by atoms with Crippen molar-refractivity contribution in [2.45, 2.75) is 0 Å². The summed E-state index contributed by atoms with van der Waals surface area (Å²) < 4.78 is 12.9. The van der Waals surface area contributed by atoms with Gasteiger partial charge in [-0.1, -0.05) is 23.2 Å². The van der Waals surface area contributed by atoms with Gasteiger partial charge in [0.05, 0.1) is 15.7 Å². The van der Waals surface area contributed by atoms with Gasteiger partial charge in [0.15, 0.2) is 5.84 Å². The van der Waals surface area contributed by atoms with E-state index in [-0.39, 0.29) is 21.4 Å². The third-order valence-corrected chi connectivity index (χ3v) is 2.24. The molecule has 0 saturated heterocycles. The van der Waals surface area contributed by atoms with Crippen LogP contribution in [0.1, 0.15) is 0 Å². The third-order valence-electron chi connectivity index (χ3n) is 1.65. The molecule has 0 spiro atoms. The van der Waals surface area contributed by atoms with Gasteiger partial charge in [0, 0.05) is 0 Å². The number of amidine groups is 1. The molecule has 0 unspecified atom stereocenters. The second-order valence-corrected chi connectivity index (χ2v) is 3.66. The highest BCUT2D eigenvalue weighted by atomic mass is 35.5. The first-order valence-corrected chi connectivity index (χ1v) is 4.94. The Labute approximate surface area is 106 Å². The van der Waals surface area contributed by atoms with E-state index in [1.54, 1.807) is 6.07 Å². The van der Waals surface area contributed by atoms with Crippen LogP contribution in [0, 0.1) is 22.6 Å². The second-order valence-electron chi connectivity index (χ2n) is 2.84. The number of hydrogen-bond acceptors (Lipinski definition) is 4. The lowest BCUT2D eigenvalue weighted by atomic mass is 10.3. The average molecular weight is 274 g/mol. The van der Waals surface area contributed by atoms with Crippen LogP contribution in [0.25, 0.3) is 0 Å². The summed E-state index contributed by atoms with van der Waals surface area (Å²) in [4.78, 5) is 0. The Kier molecular flexibility index (Phi) is 4.26. The minimum atomic E-state index is -0.596. The average Bonchev–Trinajstić information content (AvgIpc) is 2.21. The fourth-order valence-corrected chi connectivity index (χ4v) is 1.45. The first-order chi connectivity index (χ1) is 7.95. The van der Waals surface area contributed by atoms with Crippen LogP contribution in [0.3, 0.4) is 0 Å². The third kappa shape index (κ3) is 3.31. The van der Waals surface area contributed by atoms with Crippen LogP contribution in [0.4, 0.5) is 10.1 Å². The number of nitriles is 1. The van der Waals surface area contributed by atoms with Crippen molar-refractivity contribution in [2.24, 2.45) is 10.8 Å². The van der Waals surface area contributed by atoms with Crippen molar-refractivity contribution in [1.82, 2.24) is 0 Å². The molecule has 0 atom stereocenters. The van der Waals surface area contributed by atoms with Crippen LogP contribution in [0.2, 0.25) is 10.0 Å². The van der Waals surface area contributed by atoms with Gasteiger partial charge in [-0.25, -0.2) is 4.39 Å². The van der Waals surface area contributed by atoms with E-state index in [2.05, 4.69) is 10.5 Å². The number of nitrogens with two attached hydrogens (primary N) is 1. The Morgan fingerprint density at radius 3 is 2.41 bits per heavy atom. The maximum Gasteiger partial charge on any atom is 0.201 e. The monoisotopic (exact) mass is 273 g/mol. The van der Waals surface area contributed by atoms with Gasteiger partial charge in [-0.15, -0.1) is 0 Å². The first-order valence-electron chi connectivity index (χ1n) is 4.18. The summed E-state index contributed by atoms with van der Waals surface area (Å²) in [7, 11) is 0. The van der Waals surface area contributed by atoms with Crippen molar-refractivity contribution in [3.05, 3.63) is 28.0 Å². The number of nitrogens with zero attached hydrogens (tertiary/aromatic N) is 2. The molecule has 0 radical (unpaired) electrons. The fourth-order valence-electron chi connectivity index (χ4n) is 0.906. The van der Waals surface area contributed by atoms with Gasteiger partial charge in [0.1, 0.15) is 11.9 Å². The molecule has 0 aliphatic rings. The lowest BCUT2D eigenvalue weighted by Gasteiger charge is -2.06. The lowest BCUT2D eigenvalue weighted by Crippen LogP contribution is -2.21. The number of hydrazone groups is 1. The molecule has 1 aromatic rings. The second kappa shape index (κ2) is 5.48. The Hall–Kier alpha value is -1.84. The van der Waals surface area contributed by atoms with Crippen LogP contribution >= 0.6 is 23.2 Å². The minimum Gasteiger partial charge on any atom is -0.382 e. The number of benzene rings is 1. The predicted octanol–water partition coefficient (Wildman–Crippen LogP) is 2.36. The van der Waals surface area contributed by atoms with Gasteiger partial charge in [-0.3, -0.25) is 10.8 Å². The molecule has 0 aliphatic carbocycles. The molecule has 17 heavy (non-hydrogen) atoms. The van der Waals surface area contributed by atoms with Crippen LogP contribution in [0.15, 0.2) is 17.2 Å². The Morgan fingerprint density at radius 2 is 2.00 bits per heavy atom. The van der Waals surface area contributed by atoms with Gasteiger partial charge in [-0.05, 0) is 12.1 Å². The predicted molar refractivity (Wildman–Crippen MR) is 65.0 cm³/mol. The molecule has 0 saturated carbocycles. The smallest absolute Gasteiger partial charge is 0.201 e. The Bertz CT molecular complexity index is 512. The molecule has 0 heterocycles. The molecule has 0 amide bonds. The van der Waals surface area contributed by atoms with Crippen molar-refractivity contribution in [1.29, 1.82) is 10.7 Å². The molecule has 0 fully saturated rings. The van der Waals surface area contributed by atoms with Crippen molar-refractivity contribution >= 4 is 40.4 Å². The molecule has 0 aliphatic heterocycles. The summed E-state index contributed by atoms with van der Waals surface area (Å²) in [5, 5.41) is 19.1. The van der Waals surface area contributed by atoms with Crippen LogP contribution in [0.5, 0.6) is 0 Å². The lowest BCUT2D eigenvalue weighted by molar-refractivity contribution is 0.628. The van der Waals surface area contributed by atoms with E-state index >= 15 is 0 Å². The Balaban J connectivity index is 3.05. The van der Waals surface area contributed by atoms with Crippen molar-refractivity contribution in [3.8, 4) is 6.07 Å². The summed E-state index contributed by atoms with van der Waals surface area (Å²) in [6.45, 7) is 0. The summed E-state index contributed by atoms with van der Waals surface area (Å²) in [5.74, 6) is -1.10. The molecular formula is C9H6Cl2FN5. The zero-order valence-corrected chi connectivity index (χ0v) is 9.77. The van der Waals surface area contributed by atoms with Crippen LogP contribution < -0.4 is 11.2 Å². The SMILES string of the molecule is N#C/C(=N\Nc1c(Cl)cc(F)cc1Cl)C(=N)N. The number of halogens is 3. The molecule has 8 heteroatoms. The maximum absolute atomic E-state index is 12.9. The normalized spacial score (nSPS) is 10.8. The zero-order valence-electron chi connectivity index (χ0n) is 8.26. The largest absolute Gasteiger partial charge is 0.382 e. The number of hydrogen-bond donors (Lipinski definition) is 3. The van der Waals surface area contributed by atoms with E-state index in [1.807, 2.05) is 0 Å². The highest BCUT2D eigenvalue weighted by Gasteiger charge is 2.09. The van der Waals surface area contributed by atoms with E-state index in [4.69, 9.17) is 39.6 Å². The fraction of sp³-hybridized carbons (Fsp3) is 0. The van der Waals surface area contributed by atoms with Gasteiger partial charge >= 0.3 is 0 Å². The van der Waals surface area contributed by atoms with E-state index < -0.39 is 11.7 Å². The minimum absolute atomic E-state index is 0.000378. The summed E-state index contributed by atoms with van der Waals surface area (Å²) >= 11 is 11.4. The number of rotatable bonds is 3. The highest BCUT2D eigenvalue weighted by Crippen LogP contribution is 2.31. The molecular weight excluding hydrogens is 268 g/mol. The summed E-state index contributed by atoms with van der Waals surface area (Å²) in [6.07, 6.45) is 0. The molecule has 0 aromatic heterocycles. The zero-order chi connectivity index (χ0) is 13.0. The quantitative estimate of drug-likeness (QED) is 0.448. The maximum atomic E-state index is 12.9. The van der Waals surface area contributed by atoms with E-state index in [9.17, 15) is 4.39 Å². The summed E-state index contributed by atoms with van der Waals surface area (Å²) in [6, 6.07) is 3.67. The van der Waals surface area contributed by atoms with Gasteiger partial charge in [0.25, 0.3) is 0 Å². The molecule has 1 aromatic carbocycles. The molecule has 0 bridgehead atoms. The summed E-state index contributed by atoms with van der Waals surface area (Å²) in [5.41, 5.74) is 7.23.